The maximum atomic E-state index is 11.3. The fraction of sp³-hybridized carbons (Fsp3) is 0.200. The lowest BCUT2D eigenvalue weighted by Crippen LogP contribution is -2.36. The van der Waals surface area contributed by atoms with Crippen molar-refractivity contribution in [1.82, 2.24) is 15.6 Å². The first kappa shape index (κ1) is 23.8. The van der Waals surface area contributed by atoms with E-state index in [1.54, 1.807) is 25.4 Å². The second-order valence-corrected chi connectivity index (χ2v) is 8.04. The van der Waals surface area contributed by atoms with Crippen molar-refractivity contribution >= 4 is 40.0 Å². The predicted octanol–water partition coefficient (Wildman–Crippen LogP) is 2.78. The Bertz CT molecular complexity index is 1090. The van der Waals surface area contributed by atoms with Gasteiger partial charge >= 0.3 is 0 Å². The zero-order chi connectivity index (χ0) is 20.9. The van der Waals surface area contributed by atoms with E-state index in [2.05, 4.69) is 20.6 Å². The number of nitrogens with zero attached hydrogens (tertiary/aromatic N) is 2. The van der Waals surface area contributed by atoms with Crippen LogP contribution < -0.4 is 15.8 Å². The molecule has 30 heavy (non-hydrogen) atoms. The van der Waals surface area contributed by atoms with E-state index in [1.807, 2.05) is 31.2 Å². The second-order valence-electron chi connectivity index (χ2n) is 6.48. The zero-order valence-electron chi connectivity index (χ0n) is 16.6. The molecule has 0 aliphatic heterocycles. The third-order valence-corrected chi connectivity index (χ3v) is 5.15. The summed E-state index contributed by atoms with van der Waals surface area (Å²) in [6.07, 6.45) is 1.61. The summed E-state index contributed by atoms with van der Waals surface area (Å²) in [5, 5.41) is 11.4. The number of benzene rings is 2. The van der Waals surface area contributed by atoms with Crippen LogP contribution in [0.4, 0.5) is 0 Å². The Morgan fingerprint density at radius 3 is 2.30 bits per heavy atom. The molecule has 0 aliphatic rings. The maximum absolute atomic E-state index is 11.3. The summed E-state index contributed by atoms with van der Waals surface area (Å²) in [7, 11) is -2.02. The Morgan fingerprint density at radius 2 is 1.70 bits per heavy atom. The standard InChI is InChI=1S/C20H23N5O3S.HI/c1-14-3-7-16(8-4-14)19-25-17(13-28-19)12-24-20(22-2)23-11-15-5-9-18(10-6-15)29(21,26)27;/h3-10,13H,11-12H2,1-2H3,(H2,21,26,27)(H2,22,23,24);1H. The van der Waals surface area contributed by atoms with Gasteiger partial charge in [-0.1, -0.05) is 29.8 Å². The van der Waals surface area contributed by atoms with Gasteiger partial charge < -0.3 is 15.1 Å². The lowest BCUT2D eigenvalue weighted by atomic mass is 10.1. The summed E-state index contributed by atoms with van der Waals surface area (Å²) in [5.41, 5.74) is 3.74. The van der Waals surface area contributed by atoms with Gasteiger partial charge in [0.25, 0.3) is 0 Å². The van der Waals surface area contributed by atoms with Gasteiger partial charge in [0.2, 0.25) is 15.9 Å². The summed E-state index contributed by atoms with van der Waals surface area (Å²) < 4.78 is 28.2. The SMILES string of the molecule is CN=C(NCc1ccc(S(N)(=O)=O)cc1)NCc1coc(-c2ccc(C)cc2)n1.I. The Morgan fingerprint density at radius 1 is 1.07 bits per heavy atom. The first-order valence-corrected chi connectivity index (χ1v) is 10.5. The van der Waals surface area contributed by atoms with Gasteiger partial charge in [-0.05, 0) is 36.8 Å². The molecular weight excluding hydrogens is 517 g/mol. The minimum atomic E-state index is -3.69. The zero-order valence-corrected chi connectivity index (χ0v) is 19.8. The minimum Gasteiger partial charge on any atom is -0.444 e. The lowest BCUT2D eigenvalue weighted by molar-refractivity contribution is 0.572. The molecule has 0 atom stereocenters. The van der Waals surface area contributed by atoms with Crippen molar-refractivity contribution in [2.24, 2.45) is 10.1 Å². The lowest BCUT2D eigenvalue weighted by Gasteiger charge is -2.11. The number of guanidine groups is 1. The molecular formula is C20H24IN5O3S. The van der Waals surface area contributed by atoms with Gasteiger partial charge in [-0.25, -0.2) is 18.5 Å². The number of aromatic nitrogens is 1. The molecule has 3 aromatic rings. The largest absolute Gasteiger partial charge is 0.444 e. The highest BCUT2D eigenvalue weighted by atomic mass is 127. The van der Waals surface area contributed by atoms with Gasteiger partial charge in [-0.3, -0.25) is 4.99 Å². The first-order valence-electron chi connectivity index (χ1n) is 8.93. The van der Waals surface area contributed by atoms with Crippen LogP contribution in [0, 0.1) is 6.92 Å². The summed E-state index contributed by atoms with van der Waals surface area (Å²) in [6.45, 7) is 2.94. The number of hydrogen-bond donors (Lipinski definition) is 3. The molecule has 0 aliphatic carbocycles. The quantitative estimate of drug-likeness (QED) is 0.251. The number of halogens is 1. The Balaban J connectivity index is 0.00000320. The molecule has 1 heterocycles. The first-order chi connectivity index (χ1) is 13.8. The molecule has 160 valence electrons. The highest BCUT2D eigenvalue weighted by Gasteiger charge is 2.09. The molecule has 4 N–H and O–H groups in total. The number of aryl methyl sites for hydroxylation is 1. The molecule has 0 radical (unpaired) electrons. The molecule has 0 fully saturated rings. The summed E-state index contributed by atoms with van der Waals surface area (Å²) in [6, 6.07) is 14.3. The van der Waals surface area contributed by atoms with Crippen LogP contribution in [0.3, 0.4) is 0 Å². The van der Waals surface area contributed by atoms with Crippen molar-refractivity contribution in [3.05, 3.63) is 71.6 Å². The van der Waals surface area contributed by atoms with Gasteiger partial charge in [0.1, 0.15) is 6.26 Å². The predicted molar refractivity (Wildman–Crippen MR) is 127 cm³/mol. The van der Waals surface area contributed by atoms with Crippen molar-refractivity contribution in [3.63, 3.8) is 0 Å². The van der Waals surface area contributed by atoms with E-state index in [1.165, 1.54) is 17.7 Å². The molecule has 0 amide bonds. The van der Waals surface area contributed by atoms with Crippen LogP contribution in [0.2, 0.25) is 0 Å². The molecule has 0 saturated carbocycles. The van der Waals surface area contributed by atoms with Crippen LogP contribution in [0.25, 0.3) is 11.5 Å². The fourth-order valence-corrected chi connectivity index (χ4v) is 3.11. The number of sulfonamides is 1. The molecule has 0 bridgehead atoms. The van der Waals surface area contributed by atoms with Crippen molar-refractivity contribution in [1.29, 1.82) is 0 Å². The number of rotatable bonds is 6. The molecule has 0 spiro atoms. The van der Waals surface area contributed by atoms with Crippen molar-refractivity contribution in [3.8, 4) is 11.5 Å². The average Bonchev–Trinajstić information content (AvgIpc) is 3.17. The number of aliphatic imine (C=N–C) groups is 1. The molecule has 2 aromatic carbocycles. The van der Waals surface area contributed by atoms with Crippen LogP contribution in [-0.4, -0.2) is 26.4 Å². The Hall–Kier alpha value is -2.44. The third kappa shape index (κ3) is 6.54. The molecule has 1 aromatic heterocycles. The topological polar surface area (TPSA) is 123 Å². The van der Waals surface area contributed by atoms with E-state index in [-0.39, 0.29) is 28.9 Å². The molecule has 3 rings (SSSR count). The van der Waals surface area contributed by atoms with E-state index in [0.29, 0.717) is 24.9 Å². The van der Waals surface area contributed by atoms with Crippen LogP contribution in [-0.2, 0) is 23.1 Å². The average molecular weight is 541 g/mol. The Labute approximate surface area is 193 Å². The normalized spacial score (nSPS) is 11.6. The highest BCUT2D eigenvalue weighted by Crippen LogP contribution is 2.19. The van der Waals surface area contributed by atoms with Gasteiger partial charge in [0.15, 0.2) is 5.96 Å². The second kappa shape index (κ2) is 10.5. The third-order valence-electron chi connectivity index (χ3n) is 4.22. The van der Waals surface area contributed by atoms with E-state index in [4.69, 9.17) is 9.56 Å². The molecule has 0 saturated heterocycles. The van der Waals surface area contributed by atoms with E-state index < -0.39 is 10.0 Å². The summed E-state index contributed by atoms with van der Waals surface area (Å²) in [4.78, 5) is 8.74. The van der Waals surface area contributed by atoms with E-state index in [9.17, 15) is 8.42 Å². The monoisotopic (exact) mass is 541 g/mol. The van der Waals surface area contributed by atoms with Crippen LogP contribution >= 0.6 is 24.0 Å². The van der Waals surface area contributed by atoms with E-state index in [0.717, 1.165) is 16.8 Å². The highest BCUT2D eigenvalue weighted by molar-refractivity contribution is 14.0. The maximum Gasteiger partial charge on any atom is 0.238 e. The van der Waals surface area contributed by atoms with Gasteiger partial charge in [-0.2, -0.15) is 0 Å². The molecule has 0 unspecified atom stereocenters. The summed E-state index contributed by atoms with van der Waals surface area (Å²) >= 11 is 0. The fourth-order valence-electron chi connectivity index (χ4n) is 2.59. The van der Waals surface area contributed by atoms with E-state index >= 15 is 0 Å². The van der Waals surface area contributed by atoms with Crippen molar-refractivity contribution < 1.29 is 12.8 Å². The molecule has 10 heteroatoms. The van der Waals surface area contributed by atoms with Gasteiger partial charge in [0.05, 0.1) is 17.1 Å². The number of nitrogens with one attached hydrogen (secondary N) is 2. The van der Waals surface area contributed by atoms with Crippen LogP contribution in [0.1, 0.15) is 16.8 Å². The number of oxazole rings is 1. The van der Waals surface area contributed by atoms with Crippen molar-refractivity contribution in [2.75, 3.05) is 7.05 Å². The van der Waals surface area contributed by atoms with Crippen molar-refractivity contribution in [2.45, 2.75) is 24.9 Å². The number of hydrogen-bond acceptors (Lipinski definition) is 5. The minimum absolute atomic E-state index is 0. The van der Waals surface area contributed by atoms with Gasteiger partial charge in [0, 0.05) is 19.2 Å². The number of primary sulfonamides is 1. The summed E-state index contributed by atoms with van der Waals surface area (Å²) in [5.74, 6) is 1.15. The van der Waals surface area contributed by atoms with Crippen LogP contribution in [0.5, 0.6) is 0 Å². The number of nitrogens with two attached hydrogens (primary N) is 1. The smallest absolute Gasteiger partial charge is 0.238 e. The van der Waals surface area contributed by atoms with Gasteiger partial charge in [-0.15, -0.1) is 24.0 Å². The molecule has 8 nitrogen and oxygen atoms in total. The van der Waals surface area contributed by atoms with Crippen LogP contribution in [0.15, 0.2) is 69.1 Å². The Kier molecular flexibility index (Phi) is 8.38.